The molecule has 0 aliphatic heterocycles. The highest BCUT2D eigenvalue weighted by Gasteiger charge is 2.29. The van der Waals surface area contributed by atoms with Crippen LogP contribution in [0.2, 0.25) is 0 Å². The molecule has 0 bridgehead atoms. The third-order valence-corrected chi connectivity index (χ3v) is 2.52. The van der Waals surface area contributed by atoms with E-state index in [-0.39, 0.29) is 5.84 Å². The van der Waals surface area contributed by atoms with Crippen molar-refractivity contribution >= 4 is 5.84 Å². The van der Waals surface area contributed by atoms with E-state index >= 15 is 0 Å². The Labute approximate surface area is 83.1 Å². The van der Waals surface area contributed by atoms with Gasteiger partial charge >= 0.3 is 0 Å². The van der Waals surface area contributed by atoms with Crippen molar-refractivity contribution in [2.45, 2.75) is 32.1 Å². The van der Waals surface area contributed by atoms with Crippen LogP contribution in [0.4, 0.5) is 0 Å². The number of nitrogen functional groups attached to an aromatic ring is 1. The first kappa shape index (κ1) is 9.12. The Morgan fingerprint density at radius 1 is 1.57 bits per heavy atom. The number of nitrogens with two attached hydrogens (primary N) is 1. The molecule has 1 fully saturated rings. The van der Waals surface area contributed by atoms with Gasteiger partial charge in [0.2, 0.25) is 0 Å². The number of aromatic nitrogens is 2. The van der Waals surface area contributed by atoms with E-state index in [0.717, 1.165) is 23.4 Å². The molecule has 0 atom stereocenters. The van der Waals surface area contributed by atoms with Gasteiger partial charge in [0.05, 0.1) is 17.0 Å². The average molecular weight is 190 g/mol. The summed E-state index contributed by atoms with van der Waals surface area (Å²) < 4.78 is 0. The van der Waals surface area contributed by atoms with Crippen molar-refractivity contribution in [3.05, 3.63) is 23.3 Å². The second-order valence-electron chi connectivity index (χ2n) is 3.62. The summed E-state index contributed by atoms with van der Waals surface area (Å²) in [6.45, 7) is 2.02. The lowest BCUT2D eigenvalue weighted by molar-refractivity contribution is 0.917. The Morgan fingerprint density at radius 3 is 2.79 bits per heavy atom. The maximum absolute atomic E-state index is 7.54. The van der Waals surface area contributed by atoms with Crippen molar-refractivity contribution in [3.63, 3.8) is 0 Å². The molecule has 4 nitrogen and oxygen atoms in total. The number of aryl methyl sites for hydroxylation is 1. The Kier molecular flexibility index (Phi) is 2.19. The molecule has 0 aromatic carbocycles. The van der Waals surface area contributed by atoms with Crippen molar-refractivity contribution in [1.29, 1.82) is 5.41 Å². The van der Waals surface area contributed by atoms with Crippen molar-refractivity contribution in [2.24, 2.45) is 5.73 Å². The Bertz CT molecular complexity index is 368. The van der Waals surface area contributed by atoms with Gasteiger partial charge in [0.1, 0.15) is 12.2 Å². The molecule has 4 heteroatoms. The van der Waals surface area contributed by atoms with Gasteiger partial charge in [-0.25, -0.2) is 9.97 Å². The van der Waals surface area contributed by atoms with Crippen LogP contribution in [0.15, 0.2) is 6.33 Å². The SMILES string of the molecule is CCc1ncnc(C2CC2)c1C(=N)N. The zero-order valence-corrected chi connectivity index (χ0v) is 8.25. The Balaban J connectivity index is 2.52. The molecule has 1 heterocycles. The quantitative estimate of drug-likeness (QED) is 0.555. The van der Waals surface area contributed by atoms with Crippen LogP contribution < -0.4 is 5.73 Å². The van der Waals surface area contributed by atoms with Crippen molar-refractivity contribution in [3.8, 4) is 0 Å². The third kappa shape index (κ3) is 1.47. The normalized spacial score (nSPS) is 15.5. The molecule has 0 unspecified atom stereocenters. The van der Waals surface area contributed by atoms with Crippen molar-refractivity contribution in [1.82, 2.24) is 9.97 Å². The van der Waals surface area contributed by atoms with Crippen molar-refractivity contribution < 1.29 is 0 Å². The van der Waals surface area contributed by atoms with Crippen LogP contribution in [0.25, 0.3) is 0 Å². The number of amidine groups is 1. The summed E-state index contributed by atoms with van der Waals surface area (Å²) in [4.78, 5) is 8.40. The van der Waals surface area contributed by atoms with Gasteiger partial charge in [0.15, 0.2) is 0 Å². The fourth-order valence-corrected chi connectivity index (χ4v) is 1.67. The minimum atomic E-state index is 0.101. The molecule has 3 N–H and O–H groups in total. The van der Waals surface area contributed by atoms with Gasteiger partial charge in [0, 0.05) is 5.92 Å². The number of nitrogens with zero attached hydrogens (tertiary/aromatic N) is 2. The van der Waals surface area contributed by atoms with Crippen LogP contribution in [0.1, 0.15) is 42.6 Å². The first-order chi connectivity index (χ1) is 6.74. The summed E-state index contributed by atoms with van der Waals surface area (Å²) >= 11 is 0. The van der Waals surface area contributed by atoms with Crippen LogP contribution in [-0.4, -0.2) is 15.8 Å². The Morgan fingerprint density at radius 2 is 2.29 bits per heavy atom. The van der Waals surface area contributed by atoms with Crippen LogP contribution in [-0.2, 0) is 6.42 Å². The molecular formula is C10H14N4. The lowest BCUT2D eigenvalue weighted by Crippen LogP contribution is -2.18. The zero-order chi connectivity index (χ0) is 10.1. The van der Waals surface area contributed by atoms with Gasteiger partial charge in [-0.3, -0.25) is 5.41 Å². The second-order valence-corrected chi connectivity index (χ2v) is 3.62. The average Bonchev–Trinajstić information content (AvgIpc) is 2.99. The highest BCUT2D eigenvalue weighted by molar-refractivity contribution is 5.97. The fourth-order valence-electron chi connectivity index (χ4n) is 1.67. The van der Waals surface area contributed by atoms with E-state index in [1.165, 1.54) is 12.8 Å². The van der Waals surface area contributed by atoms with Gasteiger partial charge in [0.25, 0.3) is 0 Å². The molecule has 1 saturated carbocycles. The Hall–Kier alpha value is -1.45. The minimum Gasteiger partial charge on any atom is -0.384 e. The maximum Gasteiger partial charge on any atom is 0.126 e. The first-order valence-electron chi connectivity index (χ1n) is 4.92. The van der Waals surface area contributed by atoms with E-state index < -0.39 is 0 Å². The predicted molar refractivity (Wildman–Crippen MR) is 54.4 cm³/mol. The molecule has 1 aliphatic rings. The predicted octanol–water partition coefficient (Wildman–Crippen LogP) is 1.20. The van der Waals surface area contributed by atoms with E-state index in [9.17, 15) is 0 Å². The molecule has 1 aromatic rings. The topological polar surface area (TPSA) is 75.7 Å². The van der Waals surface area contributed by atoms with Gasteiger partial charge < -0.3 is 5.73 Å². The molecule has 1 aliphatic carbocycles. The highest BCUT2D eigenvalue weighted by Crippen LogP contribution is 2.40. The van der Waals surface area contributed by atoms with Crippen LogP contribution in [0.5, 0.6) is 0 Å². The van der Waals surface area contributed by atoms with E-state index in [1.807, 2.05) is 6.92 Å². The molecular weight excluding hydrogens is 176 g/mol. The standard InChI is InChI=1S/C10H14N4/c1-2-7-8(10(11)12)9(6-3-4-6)14-5-13-7/h5-6H,2-4H2,1H3,(H3,11,12). The molecule has 1 aromatic heterocycles. The number of hydrogen-bond donors (Lipinski definition) is 2. The van der Waals surface area contributed by atoms with E-state index in [2.05, 4.69) is 9.97 Å². The van der Waals surface area contributed by atoms with Gasteiger partial charge in [-0.1, -0.05) is 6.92 Å². The summed E-state index contributed by atoms with van der Waals surface area (Å²) in [5, 5.41) is 7.54. The number of hydrogen-bond acceptors (Lipinski definition) is 3. The summed E-state index contributed by atoms with van der Waals surface area (Å²) in [6, 6.07) is 0. The molecule has 0 radical (unpaired) electrons. The monoisotopic (exact) mass is 190 g/mol. The highest BCUT2D eigenvalue weighted by atomic mass is 14.9. The second kappa shape index (κ2) is 3.36. The lowest BCUT2D eigenvalue weighted by atomic mass is 10.1. The van der Waals surface area contributed by atoms with Crippen LogP contribution in [0, 0.1) is 5.41 Å². The molecule has 14 heavy (non-hydrogen) atoms. The van der Waals surface area contributed by atoms with Crippen LogP contribution >= 0.6 is 0 Å². The van der Waals surface area contributed by atoms with Crippen molar-refractivity contribution in [2.75, 3.05) is 0 Å². The van der Waals surface area contributed by atoms with Gasteiger partial charge in [-0.15, -0.1) is 0 Å². The van der Waals surface area contributed by atoms with E-state index in [0.29, 0.717) is 5.92 Å². The molecule has 0 spiro atoms. The number of rotatable bonds is 3. The minimum absolute atomic E-state index is 0.101. The summed E-state index contributed by atoms with van der Waals surface area (Å²) in [7, 11) is 0. The number of nitrogens with one attached hydrogen (secondary N) is 1. The van der Waals surface area contributed by atoms with Gasteiger partial charge in [-0.05, 0) is 19.3 Å². The molecule has 0 saturated heterocycles. The summed E-state index contributed by atoms with van der Waals surface area (Å²) in [6.07, 6.45) is 4.72. The van der Waals surface area contributed by atoms with E-state index in [1.54, 1.807) is 6.33 Å². The lowest BCUT2D eigenvalue weighted by Gasteiger charge is -2.09. The van der Waals surface area contributed by atoms with Crippen LogP contribution in [0.3, 0.4) is 0 Å². The molecule has 2 rings (SSSR count). The fraction of sp³-hybridized carbons (Fsp3) is 0.500. The third-order valence-electron chi connectivity index (χ3n) is 2.52. The molecule has 0 amide bonds. The zero-order valence-electron chi connectivity index (χ0n) is 8.25. The summed E-state index contributed by atoms with van der Waals surface area (Å²) in [5.41, 5.74) is 8.21. The van der Waals surface area contributed by atoms with E-state index in [4.69, 9.17) is 11.1 Å². The molecule has 74 valence electrons. The smallest absolute Gasteiger partial charge is 0.126 e. The maximum atomic E-state index is 7.54. The van der Waals surface area contributed by atoms with Gasteiger partial charge in [-0.2, -0.15) is 0 Å². The summed E-state index contributed by atoms with van der Waals surface area (Å²) in [5.74, 6) is 0.617. The largest absolute Gasteiger partial charge is 0.384 e. The first-order valence-corrected chi connectivity index (χ1v) is 4.92.